The van der Waals surface area contributed by atoms with Crippen molar-refractivity contribution in [2.45, 2.75) is 4.58 Å². The predicted octanol–water partition coefficient (Wildman–Crippen LogP) is 4.86. The number of carbonyl (C=O) groups is 2. The van der Waals surface area contributed by atoms with Crippen molar-refractivity contribution in [2.75, 3.05) is 37.1 Å². The first kappa shape index (κ1) is 27.3. The quantitative estimate of drug-likeness (QED) is 0.258. The third-order valence-electron chi connectivity index (χ3n) is 5.22. The summed E-state index contributed by atoms with van der Waals surface area (Å²) in [5.41, 5.74) is 4.78. The number of halogens is 1. The van der Waals surface area contributed by atoms with Gasteiger partial charge in [-0.05, 0) is 65.7 Å². The van der Waals surface area contributed by atoms with E-state index in [1.54, 1.807) is 18.2 Å². The van der Waals surface area contributed by atoms with Gasteiger partial charge in [0.25, 0.3) is 11.8 Å². The number of benzene rings is 3. The van der Waals surface area contributed by atoms with Gasteiger partial charge in [-0.15, -0.1) is 23.5 Å². The van der Waals surface area contributed by atoms with Gasteiger partial charge in [-0.3, -0.25) is 9.59 Å². The summed E-state index contributed by atoms with van der Waals surface area (Å²) in [6, 6.07) is 18.2. The molecule has 1 saturated heterocycles. The molecular weight excluding hydrogens is 529 g/mol. The number of rotatable bonds is 11. The molecule has 1 fully saturated rings. The van der Waals surface area contributed by atoms with Gasteiger partial charge >= 0.3 is 0 Å². The SMILES string of the molecule is COc1cc(/C=N\NC(=O)COc2ccc(C3SCCS3)cc2)ccc1OCC(=O)Nc1ccc(F)cc1. The van der Waals surface area contributed by atoms with Crippen LogP contribution in [0.4, 0.5) is 10.1 Å². The maximum Gasteiger partial charge on any atom is 0.277 e. The predicted molar refractivity (Wildman–Crippen MR) is 149 cm³/mol. The fourth-order valence-electron chi connectivity index (χ4n) is 3.39. The molecule has 4 rings (SSSR count). The Morgan fingerprint density at radius 2 is 1.66 bits per heavy atom. The Balaban J connectivity index is 1.21. The Labute approximate surface area is 228 Å². The van der Waals surface area contributed by atoms with E-state index in [9.17, 15) is 14.0 Å². The van der Waals surface area contributed by atoms with Crippen LogP contribution in [0.5, 0.6) is 17.2 Å². The van der Waals surface area contributed by atoms with Gasteiger partial charge in [0.2, 0.25) is 0 Å². The Hall–Kier alpha value is -3.70. The molecule has 2 amide bonds. The summed E-state index contributed by atoms with van der Waals surface area (Å²) in [4.78, 5) is 24.2. The molecule has 0 spiro atoms. The first-order chi connectivity index (χ1) is 18.5. The number of hydrogen-bond donors (Lipinski definition) is 2. The second-order valence-electron chi connectivity index (χ2n) is 7.98. The highest BCUT2D eigenvalue weighted by atomic mass is 32.2. The molecule has 8 nitrogen and oxygen atoms in total. The lowest BCUT2D eigenvalue weighted by atomic mass is 10.2. The highest BCUT2D eigenvalue weighted by molar-refractivity contribution is 8.19. The van der Waals surface area contributed by atoms with E-state index < -0.39 is 11.8 Å². The van der Waals surface area contributed by atoms with Gasteiger partial charge in [-0.25, -0.2) is 9.82 Å². The lowest BCUT2D eigenvalue weighted by Gasteiger charge is -2.11. The molecule has 38 heavy (non-hydrogen) atoms. The summed E-state index contributed by atoms with van der Waals surface area (Å²) in [6.07, 6.45) is 1.46. The van der Waals surface area contributed by atoms with Gasteiger partial charge in [0.1, 0.15) is 11.6 Å². The number of nitrogens with one attached hydrogen (secondary N) is 2. The van der Waals surface area contributed by atoms with Crippen LogP contribution in [0.25, 0.3) is 0 Å². The number of anilines is 1. The maximum absolute atomic E-state index is 13.0. The van der Waals surface area contributed by atoms with Gasteiger partial charge in [-0.1, -0.05) is 12.1 Å². The molecule has 0 atom stereocenters. The van der Waals surface area contributed by atoms with Crippen LogP contribution in [-0.4, -0.2) is 49.9 Å². The van der Waals surface area contributed by atoms with Crippen LogP contribution in [0, 0.1) is 5.82 Å². The number of hydrogen-bond acceptors (Lipinski definition) is 8. The van der Waals surface area contributed by atoms with Crippen LogP contribution in [0.2, 0.25) is 0 Å². The molecule has 0 radical (unpaired) electrons. The molecule has 0 unspecified atom stereocenters. The van der Waals surface area contributed by atoms with Crippen LogP contribution in [0.1, 0.15) is 15.7 Å². The second-order valence-corrected chi connectivity index (χ2v) is 10.7. The molecule has 0 saturated carbocycles. The molecule has 0 bridgehead atoms. The van der Waals surface area contributed by atoms with Crippen molar-refractivity contribution in [2.24, 2.45) is 5.10 Å². The lowest BCUT2D eigenvalue weighted by molar-refractivity contribution is -0.123. The summed E-state index contributed by atoms with van der Waals surface area (Å²) >= 11 is 3.87. The number of amides is 2. The van der Waals surface area contributed by atoms with Gasteiger partial charge < -0.3 is 19.5 Å². The van der Waals surface area contributed by atoms with E-state index in [0.717, 1.165) is 11.5 Å². The first-order valence-electron chi connectivity index (χ1n) is 11.6. The van der Waals surface area contributed by atoms with Crippen molar-refractivity contribution in [1.82, 2.24) is 5.43 Å². The van der Waals surface area contributed by atoms with Crippen molar-refractivity contribution >= 4 is 47.2 Å². The minimum Gasteiger partial charge on any atom is -0.493 e. The number of hydrazone groups is 1. The minimum atomic E-state index is -0.406. The number of methoxy groups -OCH3 is 1. The average molecular weight is 556 g/mol. The van der Waals surface area contributed by atoms with Crippen LogP contribution >= 0.6 is 23.5 Å². The summed E-state index contributed by atoms with van der Waals surface area (Å²) in [7, 11) is 1.47. The van der Waals surface area contributed by atoms with Crippen molar-refractivity contribution in [3.05, 3.63) is 83.7 Å². The molecule has 0 aromatic heterocycles. The third-order valence-corrected chi connectivity index (χ3v) is 8.33. The first-order valence-corrected chi connectivity index (χ1v) is 13.7. The van der Waals surface area contributed by atoms with E-state index in [1.807, 2.05) is 47.8 Å². The molecule has 11 heteroatoms. The fraction of sp³-hybridized carbons (Fsp3) is 0.222. The van der Waals surface area contributed by atoms with E-state index in [2.05, 4.69) is 15.8 Å². The van der Waals surface area contributed by atoms with Gasteiger partial charge in [0.15, 0.2) is 24.7 Å². The maximum atomic E-state index is 13.0. The van der Waals surface area contributed by atoms with Crippen molar-refractivity contribution < 1.29 is 28.2 Å². The third kappa shape index (κ3) is 8.15. The Bertz CT molecular complexity index is 1270. The molecule has 1 aliphatic rings. The topological polar surface area (TPSA) is 98.2 Å². The van der Waals surface area contributed by atoms with E-state index in [0.29, 0.717) is 33.1 Å². The van der Waals surface area contributed by atoms with Gasteiger partial charge in [-0.2, -0.15) is 5.10 Å². The zero-order valence-corrected chi connectivity index (χ0v) is 22.1. The molecule has 0 aliphatic carbocycles. The monoisotopic (exact) mass is 555 g/mol. The number of ether oxygens (including phenoxy) is 3. The smallest absolute Gasteiger partial charge is 0.277 e. The summed E-state index contributed by atoms with van der Waals surface area (Å²) < 4.78 is 29.9. The normalized spacial score (nSPS) is 13.3. The standard InChI is InChI=1S/C27H26FN3O5S2/c1-34-24-14-18(2-11-23(24)36-16-25(32)30-21-7-5-20(28)6-8-21)15-29-31-26(33)17-35-22-9-3-19(4-10-22)27-37-12-13-38-27/h2-11,14-15,27H,12-13,16-17H2,1H3,(H,30,32)(H,31,33)/b29-15-. The molecule has 3 aromatic carbocycles. The minimum absolute atomic E-state index is 0.167. The van der Waals surface area contributed by atoms with Crippen LogP contribution < -0.4 is 25.0 Å². The molecule has 1 aliphatic heterocycles. The van der Waals surface area contributed by atoms with E-state index in [4.69, 9.17) is 14.2 Å². The van der Waals surface area contributed by atoms with Gasteiger partial charge in [0, 0.05) is 17.2 Å². The Morgan fingerprint density at radius 3 is 2.37 bits per heavy atom. The summed E-state index contributed by atoms with van der Waals surface area (Å²) in [6.45, 7) is -0.432. The lowest BCUT2D eigenvalue weighted by Crippen LogP contribution is -2.24. The zero-order valence-electron chi connectivity index (χ0n) is 20.5. The molecule has 3 aromatic rings. The number of carbonyl (C=O) groups excluding carboxylic acids is 2. The van der Waals surface area contributed by atoms with Crippen LogP contribution in [0.3, 0.4) is 0 Å². The molecule has 198 valence electrons. The fourth-order valence-corrected chi connectivity index (χ4v) is 6.25. The number of nitrogens with zero attached hydrogens (tertiary/aromatic N) is 1. The highest BCUT2D eigenvalue weighted by Crippen LogP contribution is 2.45. The highest BCUT2D eigenvalue weighted by Gasteiger charge is 2.18. The molecule has 1 heterocycles. The summed E-state index contributed by atoms with van der Waals surface area (Å²) in [5.74, 6) is 2.49. The molecule has 2 N–H and O–H groups in total. The Kier molecular flexibility index (Phi) is 9.88. The van der Waals surface area contributed by atoms with E-state index in [-0.39, 0.29) is 19.0 Å². The van der Waals surface area contributed by atoms with E-state index >= 15 is 0 Å². The van der Waals surface area contributed by atoms with Crippen molar-refractivity contribution in [3.63, 3.8) is 0 Å². The Morgan fingerprint density at radius 1 is 0.947 bits per heavy atom. The number of thioether (sulfide) groups is 2. The summed E-state index contributed by atoms with van der Waals surface area (Å²) in [5, 5.41) is 6.57. The van der Waals surface area contributed by atoms with Crippen molar-refractivity contribution in [1.29, 1.82) is 0 Å². The zero-order chi connectivity index (χ0) is 26.7. The molecular formula is C27H26FN3O5S2. The average Bonchev–Trinajstić information content (AvgIpc) is 3.48. The van der Waals surface area contributed by atoms with Crippen LogP contribution in [-0.2, 0) is 9.59 Å². The largest absolute Gasteiger partial charge is 0.493 e. The second kappa shape index (κ2) is 13.7. The van der Waals surface area contributed by atoms with E-state index in [1.165, 1.54) is 43.2 Å². The van der Waals surface area contributed by atoms with Crippen LogP contribution in [0.15, 0.2) is 71.8 Å². The van der Waals surface area contributed by atoms with Crippen molar-refractivity contribution in [3.8, 4) is 17.2 Å². The van der Waals surface area contributed by atoms with Gasteiger partial charge in [0.05, 0.1) is 17.9 Å².